The van der Waals surface area contributed by atoms with E-state index in [1.54, 1.807) is 0 Å². The van der Waals surface area contributed by atoms with Crippen LogP contribution in [0.25, 0.3) is 112 Å². The van der Waals surface area contributed by atoms with E-state index in [2.05, 4.69) is 285 Å². The maximum atomic E-state index is 4.94. The minimum atomic E-state index is 0. The molecule has 79 heavy (non-hydrogen) atoms. The Kier molecular flexibility index (Phi) is 14.1. The average Bonchev–Trinajstić information content (AvgIpc) is 3.93. The van der Waals surface area contributed by atoms with Crippen molar-refractivity contribution in [2.45, 2.75) is 13.8 Å². The number of benzene rings is 10. The van der Waals surface area contributed by atoms with Crippen LogP contribution in [0, 0.1) is 38.7 Å². The van der Waals surface area contributed by atoms with E-state index in [0.29, 0.717) is 0 Å². The molecule has 1 aliphatic rings. The molecule has 381 valence electrons. The van der Waals surface area contributed by atoms with Crippen LogP contribution in [0.1, 0.15) is 11.1 Å². The molecule has 5 heteroatoms. The van der Waals surface area contributed by atoms with Crippen LogP contribution in [0.2, 0.25) is 0 Å². The normalized spacial score (nSPS) is 11.8. The number of anilines is 3. The first kappa shape index (κ1) is 50.6. The topological polar surface area (TPSA) is 32.3 Å². The molecule has 0 atom stereocenters. The Morgan fingerprint density at radius 3 is 1.37 bits per heavy atom. The van der Waals surface area contributed by atoms with Gasteiger partial charge in [-0.3, -0.25) is 0 Å². The first-order valence-electron chi connectivity index (χ1n) is 26.4. The maximum absolute atomic E-state index is 4.94. The van der Waals surface area contributed by atoms with Crippen molar-refractivity contribution in [2.75, 3.05) is 16.8 Å². The minimum Gasteiger partial charge on any atom is -0.504 e. The van der Waals surface area contributed by atoms with E-state index in [9.17, 15) is 0 Å². The van der Waals surface area contributed by atoms with E-state index in [1.165, 1.54) is 33.5 Å². The first-order valence-corrected chi connectivity index (χ1v) is 26.4. The number of fused-ring (bicyclic) bond motifs is 1. The Balaban J connectivity index is 0.00000623. The summed E-state index contributed by atoms with van der Waals surface area (Å²) in [6.07, 6.45) is 3.81. The van der Waals surface area contributed by atoms with Gasteiger partial charge in [0.15, 0.2) is 0 Å². The molecule has 0 saturated heterocycles. The summed E-state index contributed by atoms with van der Waals surface area (Å²) in [6.45, 7) is 6.46. The van der Waals surface area contributed by atoms with Crippen molar-refractivity contribution in [3.63, 3.8) is 0 Å². The smallest absolute Gasteiger partial charge is 0.0326 e. The first-order chi connectivity index (χ1) is 38.4. The van der Waals surface area contributed by atoms with Gasteiger partial charge in [0.1, 0.15) is 0 Å². The summed E-state index contributed by atoms with van der Waals surface area (Å²) in [4.78, 5) is 13.9. The van der Waals surface area contributed by atoms with Crippen LogP contribution in [0.5, 0.6) is 0 Å². The summed E-state index contributed by atoms with van der Waals surface area (Å²) in [5, 5.41) is 0. The largest absolute Gasteiger partial charge is 0.504 e. The van der Waals surface area contributed by atoms with E-state index in [4.69, 9.17) is 4.98 Å². The molecule has 12 aromatic rings. The van der Waals surface area contributed by atoms with Crippen molar-refractivity contribution in [1.82, 2.24) is 9.97 Å². The van der Waals surface area contributed by atoms with Crippen LogP contribution in [0.15, 0.2) is 255 Å². The molecule has 0 amide bonds. The van der Waals surface area contributed by atoms with Crippen molar-refractivity contribution >= 4 is 17.1 Å². The summed E-state index contributed by atoms with van der Waals surface area (Å²) >= 11 is 0. The molecule has 0 bridgehead atoms. The Bertz CT molecular complexity index is 4140. The number of aromatic nitrogens is 2. The van der Waals surface area contributed by atoms with Crippen molar-refractivity contribution < 1.29 is 20.1 Å². The standard InChI is InChI=1S/C74H52N4.Ir/c1-50-43-58(52-17-5-4-6-18-52)38-41-63(50)70-47-72(76-48-51(70)2)57-34-30-54(31-35-57)65-20-8-11-23-68(65)60-44-59(67-22-10-7-19-64(67)53-28-32-56(33-29-53)71-25-15-16-42-75-71)45-61(46-60)69-24-12-9-21-66(69)55-36-39-62(40-37-55)78-49-77(3)73-26-13-14-27-74(73)78;/h4-32,34,36-39,41-49H,1-3H3;/q-4;. The number of aryl methyl sites for hydroxylation is 2. The van der Waals surface area contributed by atoms with E-state index < -0.39 is 0 Å². The van der Waals surface area contributed by atoms with Crippen LogP contribution >= 0.6 is 0 Å². The quantitative estimate of drug-likeness (QED) is 0.121. The molecule has 0 saturated carbocycles. The second-order valence-electron chi connectivity index (χ2n) is 20.0. The fourth-order valence-electron chi connectivity index (χ4n) is 11.0. The van der Waals surface area contributed by atoms with Gasteiger partial charge in [-0.25, -0.2) is 0 Å². The molecule has 0 N–H and O–H groups in total. The van der Waals surface area contributed by atoms with Crippen molar-refractivity contribution in [3.8, 4) is 112 Å². The summed E-state index contributed by atoms with van der Waals surface area (Å²) in [6, 6.07) is 97.4. The molecule has 4 nitrogen and oxygen atoms in total. The maximum Gasteiger partial charge on any atom is 0.0326 e. The molecular formula is C74H52IrN4-4. The second kappa shape index (κ2) is 22.0. The number of pyridine rings is 2. The molecule has 1 aliphatic heterocycles. The molecule has 13 rings (SSSR count). The number of hydrogen-bond donors (Lipinski definition) is 0. The number of hydrogen-bond acceptors (Lipinski definition) is 4. The van der Waals surface area contributed by atoms with Gasteiger partial charge in [0, 0.05) is 43.9 Å². The van der Waals surface area contributed by atoms with Gasteiger partial charge in [-0.15, -0.1) is 77.0 Å². The van der Waals surface area contributed by atoms with Crippen LogP contribution in [-0.2, 0) is 20.1 Å². The third kappa shape index (κ3) is 10.0. The van der Waals surface area contributed by atoms with Gasteiger partial charge in [-0.05, 0) is 135 Å². The predicted octanol–water partition coefficient (Wildman–Crippen LogP) is 18.9. The van der Waals surface area contributed by atoms with Crippen LogP contribution in [0.4, 0.5) is 17.1 Å². The Morgan fingerprint density at radius 2 is 0.848 bits per heavy atom. The fraction of sp³-hybridized carbons (Fsp3) is 0.0405. The van der Waals surface area contributed by atoms with Gasteiger partial charge < -0.3 is 19.8 Å². The predicted molar refractivity (Wildman–Crippen MR) is 324 cm³/mol. The Morgan fingerprint density at radius 1 is 0.354 bits per heavy atom. The fourth-order valence-corrected chi connectivity index (χ4v) is 11.0. The molecular weight excluding hydrogens is 1140 g/mol. The average molecular weight is 1190 g/mol. The molecule has 0 unspecified atom stereocenters. The third-order valence-electron chi connectivity index (χ3n) is 15.0. The molecule has 3 heterocycles. The summed E-state index contributed by atoms with van der Waals surface area (Å²) in [7, 11) is 2.09. The van der Waals surface area contributed by atoms with Crippen molar-refractivity contribution in [2.24, 2.45) is 0 Å². The summed E-state index contributed by atoms with van der Waals surface area (Å²) in [5.74, 6) is 0. The van der Waals surface area contributed by atoms with Gasteiger partial charge in [0.05, 0.1) is 0 Å². The van der Waals surface area contributed by atoms with Crippen LogP contribution in [-0.4, -0.2) is 17.0 Å². The van der Waals surface area contributed by atoms with Crippen molar-refractivity contribution in [1.29, 1.82) is 0 Å². The van der Waals surface area contributed by atoms with E-state index in [-0.39, 0.29) is 20.1 Å². The third-order valence-corrected chi connectivity index (χ3v) is 15.0. The van der Waals surface area contributed by atoms with Gasteiger partial charge in [0.2, 0.25) is 0 Å². The zero-order valence-electron chi connectivity index (χ0n) is 43.9. The molecule has 0 spiro atoms. The molecule has 2 aromatic heterocycles. The Hall–Kier alpha value is -9.25. The van der Waals surface area contributed by atoms with Crippen LogP contribution < -0.4 is 9.80 Å². The monoisotopic (exact) mass is 1190 g/mol. The van der Waals surface area contributed by atoms with E-state index >= 15 is 0 Å². The van der Waals surface area contributed by atoms with Crippen LogP contribution in [0.3, 0.4) is 0 Å². The zero-order chi connectivity index (χ0) is 52.5. The molecule has 0 fully saturated rings. The molecule has 0 aliphatic carbocycles. The zero-order valence-corrected chi connectivity index (χ0v) is 46.3. The molecule has 1 radical (unpaired) electrons. The summed E-state index contributed by atoms with van der Waals surface area (Å²) in [5.41, 5.74) is 27.5. The van der Waals surface area contributed by atoms with Crippen molar-refractivity contribution in [3.05, 3.63) is 291 Å². The van der Waals surface area contributed by atoms with Gasteiger partial charge in [-0.2, -0.15) is 24.9 Å². The Labute approximate surface area is 477 Å². The number of rotatable bonds is 11. The second-order valence-corrected chi connectivity index (χ2v) is 20.0. The molecule has 10 aromatic carbocycles. The number of nitrogens with zero attached hydrogens (tertiary/aromatic N) is 4. The van der Waals surface area contributed by atoms with E-state index in [0.717, 1.165) is 106 Å². The summed E-state index contributed by atoms with van der Waals surface area (Å²) < 4.78 is 0. The van der Waals surface area contributed by atoms with E-state index in [1.807, 2.05) is 30.6 Å². The minimum absolute atomic E-state index is 0. The van der Waals surface area contributed by atoms with Gasteiger partial charge in [0.25, 0.3) is 0 Å². The number of para-hydroxylation sites is 2. The SMILES string of the molecule is Cc1cc(-c2ccccc2)ccc1-c1cc(-c2[c-]cc(-c3ccccc3-c3cc(-c4ccccc4-c4c[c-]c(-c5ccccn5)cc4)cc(-c4ccccc4-c4c[c-]c(N5[CH-]N(C)c6ccccc65)cc4)c3)cc2)ncc1C.[Ir]. The van der Waals surface area contributed by atoms with Gasteiger partial charge in [-0.1, -0.05) is 179 Å². The van der Waals surface area contributed by atoms with Gasteiger partial charge >= 0.3 is 0 Å².